The molecule has 7 aromatic carbocycles. The molecule has 0 fully saturated rings. The third kappa shape index (κ3) is 4.62. The minimum absolute atomic E-state index is 0.0310. The van der Waals surface area contributed by atoms with Gasteiger partial charge in [0.2, 0.25) is 0 Å². The molecule has 0 aliphatic heterocycles. The number of rotatable bonds is 10. The summed E-state index contributed by atoms with van der Waals surface area (Å²) in [6.45, 7) is 0.0874. The Balaban J connectivity index is 1.28. The summed E-state index contributed by atoms with van der Waals surface area (Å²) in [7, 11) is 0. The minimum atomic E-state index is -0.590. The second-order valence-electron chi connectivity index (χ2n) is 14.6. The van der Waals surface area contributed by atoms with Crippen LogP contribution < -0.4 is 0 Å². The Hall–Kier alpha value is -5.10. The lowest BCUT2D eigenvalue weighted by Crippen LogP contribution is -2.30. The molecular formula is C48H42O4. The van der Waals surface area contributed by atoms with Crippen LogP contribution in [0.2, 0.25) is 0 Å². The molecule has 258 valence electrons. The van der Waals surface area contributed by atoms with Crippen molar-refractivity contribution >= 4 is 21.5 Å². The Kier molecular flexibility index (Phi) is 8.09. The molecule has 2 unspecified atom stereocenters. The van der Waals surface area contributed by atoms with E-state index in [-0.39, 0.29) is 26.4 Å². The zero-order valence-electron chi connectivity index (χ0n) is 29.1. The molecule has 0 radical (unpaired) electrons. The predicted octanol–water partition coefficient (Wildman–Crippen LogP) is 9.39. The maximum atomic E-state index is 11.1. The molecule has 52 heavy (non-hydrogen) atoms. The monoisotopic (exact) mass is 682 g/mol. The molecular weight excluding hydrogens is 641 g/mol. The van der Waals surface area contributed by atoms with E-state index in [0.29, 0.717) is 25.7 Å². The second kappa shape index (κ2) is 12.8. The topological polar surface area (TPSA) is 80.9 Å². The number of fused-ring (bicyclic) bond motifs is 8. The first-order valence-corrected chi connectivity index (χ1v) is 18.5. The molecule has 0 saturated carbocycles. The van der Waals surface area contributed by atoms with Gasteiger partial charge in [0.15, 0.2) is 0 Å². The van der Waals surface area contributed by atoms with Crippen LogP contribution in [0.1, 0.15) is 47.9 Å². The molecule has 7 aromatic rings. The molecule has 9 rings (SSSR count). The Labute approximate surface area is 304 Å². The standard InChI is InChI=1S/C48H42O4/c49-25-9-23-47(29-51)41-17-7-5-11-33(41)35-21-19-31(27-43(35)47)45-37-13-1-2-14-38(37)46(40-16-4-3-15-39(40)45)32-20-22-36-34-12-6-8-18-42(34)48(30-52,24-10-26-50)44(36)28-32/h1-8,11-22,27-28,49-52H,9-10,23-26,29-30H2. The van der Waals surface area contributed by atoms with Gasteiger partial charge < -0.3 is 20.4 Å². The number of aliphatic hydroxyl groups is 4. The van der Waals surface area contributed by atoms with Crippen LogP contribution in [0.25, 0.3) is 66.1 Å². The highest BCUT2D eigenvalue weighted by Crippen LogP contribution is 2.55. The van der Waals surface area contributed by atoms with Gasteiger partial charge in [-0.1, -0.05) is 121 Å². The smallest absolute Gasteiger partial charge is 0.0569 e. The zero-order chi connectivity index (χ0) is 35.5. The van der Waals surface area contributed by atoms with Crippen LogP contribution in [0.15, 0.2) is 133 Å². The lowest BCUT2D eigenvalue weighted by molar-refractivity contribution is 0.197. The Morgan fingerprint density at radius 1 is 0.365 bits per heavy atom. The summed E-state index contributed by atoms with van der Waals surface area (Å²) in [5.41, 5.74) is 12.4. The first-order chi connectivity index (χ1) is 25.6. The third-order valence-corrected chi connectivity index (χ3v) is 12.1. The van der Waals surface area contributed by atoms with Crippen molar-refractivity contribution in [2.75, 3.05) is 26.4 Å². The summed E-state index contributed by atoms with van der Waals surface area (Å²) in [4.78, 5) is 0. The minimum Gasteiger partial charge on any atom is -0.396 e. The molecule has 2 aliphatic carbocycles. The van der Waals surface area contributed by atoms with Crippen LogP contribution in [0.4, 0.5) is 0 Å². The predicted molar refractivity (Wildman–Crippen MR) is 212 cm³/mol. The highest BCUT2D eigenvalue weighted by molar-refractivity contribution is 6.21. The van der Waals surface area contributed by atoms with Crippen LogP contribution in [-0.2, 0) is 10.8 Å². The van der Waals surface area contributed by atoms with Crippen LogP contribution in [0.5, 0.6) is 0 Å². The highest BCUT2D eigenvalue weighted by atomic mass is 16.3. The van der Waals surface area contributed by atoms with E-state index in [1.807, 2.05) is 12.1 Å². The highest BCUT2D eigenvalue weighted by Gasteiger charge is 2.44. The van der Waals surface area contributed by atoms with Crippen molar-refractivity contribution < 1.29 is 20.4 Å². The molecule has 4 heteroatoms. The van der Waals surface area contributed by atoms with Gasteiger partial charge in [0.25, 0.3) is 0 Å². The maximum Gasteiger partial charge on any atom is 0.0569 e. The average molecular weight is 683 g/mol. The summed E-state index contributed by atoms with van der Waals surface area (Å²) in [6, 6.07) is 47.6. The second-order valence-corrected chi connectivity index (χ2v) is 14.6. The van der Waals surface area contributed by atoms with Crippen molar-refractivity contribution in [2.24, 2.45) is 0 Å². The number of aliphatic hydroxyl groups excluding tert-OH is 4. The van der Waals surface area contributed by atoms with Crippen LogP contribution in [-0.4, -0.2) is 46.9 Å². The molecule has 4 N–H and O–H groups in total. The van der Waals surface area contributed by atoms with E-state index in [1.54, 1.807) is 0 Å². The summed E-state index contributed by atoms with van der Waals surface area (Å²) in [5, 5.41) is 46.6. The Morgan fingerprint density at radius 2 is 0.712 bits per heavy atom. The van der Waals surface area contributed by atoms with Crippen molar-refractivity contribution in [2.45, 2.75) is 36.5 Å². The van der Waals surface area contributed by atoms with E-state index in [0.717, 1.165) is 88.3 Å². The molecule has 0 aromatic heterocycles. The lowest BCUT2D eigenvalue weighted by atomic mass is 9.74. The van der Waals surface area contributed by atoms with E-state index >= 15 is 0 Å². The van der Waals surface area contributed by atoms with Crippen molar-refractivity contribution in [3.8, 4) is 44.5 Å². The molecule has 2 atom stereocenters. The number of hydrogen-bond donors (Lipinski definition) is 4. The van der Waals surface area contributed by atoms with Gasteiger partial charge in [-0.3, -0.25) is 0 Å². The number of hydrogen-bond acceptors (Lipinski definition) is 4. The molecule has 4 nitrogen and oxygen atoms in total. The van der Waals surface area contributed by atoms with Gasteiger partial charge in [-0.2, -0.15) is 0 Å². The van der Waals surface area contributed by atoms with E-state index in [1.165, 1.54) is 0 Å². The molecule has 0 saturated heterocycles. The van der Waals surface area contributed by atoms with E-state index in [4.69, 9.17) is 0 Å². The Morgan fingerprint density at radius 3 is 1.08 bits per heavy atom. The van der Waals surface area contributed by atoms with E-state index in [9.17, 15) is 20.4 Å². The van der Waals surface area contributed by atoms with E-state index in [2.05, 4.69) is 121 Å². The molecule has 0 heterocycles. The third-order valence-electron chi connectivity index (χ3n) is 12.1. The van der Waals surface area contributed by atoms with Crippen molar-refractivity contribution in [3.05, 3.63) is 156 Å². The van der Waals surface area contributed by atoms with Crippen LogP contribution >= 0.6 is 0 Å². The average Bonchev–Trinajstić information content (AvgIpc) is 3.64. The largest absolute Gasteiger partial charge is 0.396 e. The molecule has 0 amide bonds. The van der Waals surface area contributed by atoms with Gasteiger partial charge in [0, 0.05) is 24.0 Å². The van der Waals surface area contributed by atoms with Crippen molar-refractivity contribution in [3.63, 3.8) is 0 Å². The van der Waals surface area contributed by atoms with Gasteiger partial charge in [-0.25, -0.2) is 0 Å². The summed E-state index contributed by atoms with van der Waals surface area (Å²) in [6.07, 6.45) is 2.51. The first-order valence-electron chi connectivity index (χ1n) is 18.5. The molecule has 0 spiro atoms. The normalized spacial score (nSPS) is 18.4. The van der Waals surface area contributed by atoms with Gasteiger partial charge >= 0.3 is 0 Å². The molecule has 0 bridgehead atoms. The Bertz CT molecular complexity index is 2270. The maximum absolute atomic E-state index is 11.1. The zero-order valence-corrected chi connectivity index (χ0v) is 29.1. The summed E-state index contributed by atoms with van der Waals surface area (Å²) >= 11 is 0. The van der Waals surface area contributed by atoms with Gasteiger partial charge in [-0.05, 0) is 126 Å². The van der Waals surface area contributed by atoms with E-state index < -0.39 is 10.8 Å². The van der Waals surface area contributed by atoms with Crippen molar-refractivity contribution in [1.29, 1.82) is 0 Å². The lowest BCUT2D eigenvalue weighted by Gasteiger charge is -2.30. The van der Waals surface area contributed by atoms with Crippen LogP contribution in [0, 0.1) is 0 Å². The number of benzene rings is 7. The summed E-state index contributed by atoms with van der Waals surface area (Å²) in [5.74, 6) is 0. The first kappa shape index (κ1) is 32.8. The fraction of sp³-hybridized carbons (Fsp3) is 0.208. The van der Waals surface area contributed by atoms with Crippen molar-refractivity contribution in [1.82, 2.24) is 0 Å². The van der Waals surface area contributed by atoms with Crippen LogP contribution in [0.3, 0.4) is 0 Å². The quantitative estimate of drug-likeness (QED) is 0.108. The van der Waals surface area contributed by atoms with Gasteiger partial charge in [0.05, 0.1) is 13.2 Å². The molecule has 2 aliphatic rings. The fourth-order valence-electron chi connectivity index (χ4n) is 9.77. The van der Waals surface area contributed by atoms with Gasteiger partial charge in [-0.15, -0.1) is 0 Å². The fourth-order valence-corrected chi connectivity index (χ4v) is 9.77. The van der Waals surface area contributed by atoms with Gasteiger partial charge in [0.1, 0.15) is 0 Å². The SMILES string of the molecule is OCCCC1(CO)c2ccccc2-c2ccc(-c3c4ccccc4c(-c4ccc5c(c4)C(CO)(CCCO)c4ccccc4-5)c4ccccc34)cc21. The summed E-state index contributed by atoms with van der Waals surface area (Å²) < 4.78 is 0.